The zero-order valence-electron chi connectivity index (χ0n) is 18.8. The molecule has 0 radical (unpaired) electrons. The number of anilines is 1. The van der Waals surface area contributed by atoms with Crippen molar-refractivity contribution in [2.45, 2.75) is 25.7 Å². The van der Waals surface area contributed by atoms with Gasteiger partial charge in [-0.2, -0.15) is 4.98 Å². The molecule has 1 amide bonds. The lowest BCUT2D eigenvalue weighted by atomic mass is 10.2. The predicted octanol–water partition coefficient (Wildman–Crippen LogP) is 4.04. The minimum Gasteiger partial charge on any atom is -0.369 e. The predicted molar refractivity (Wildman–Crippen MR) is 130 cm³/mol. The Balaban J connectivity index is 1.07. The van der Waals surface area contributed by atoms with Crippen LogP contribution in [0.25, 0.3) is 11.4 Å². The molecular formula is C25H30ClN5O2. The zero-order chi connectivity index (χ0) is 22.9. The van der Waals surface area contributed by atoms with Gasteiger partial charge in [-0.1, -0.05) is 35.0 Å². The summed E-state index contributed by atoms with van der Waals surface area (Å²) in [6.07, 6.45) is 2.68. The second-order valence-corrected chi connectivity index (χ2v) is 8.68. The van der Waals surface area contributed by atoms with Crippen molar-refractivity contribution in [2.75, 3.05) is 44.2 Å². The Morgan fingerprint density at radius 3 is 2.52 bits per heavy atom. The lowest BCUT2D eigenvalue weighted by Gasteiger charge is -2.36. The van der Waals surface area contributed by atoms with Crippen molar-refractivity contribution in [3.05, 3.63) is 65.5 Å². The van der Waals surface area contributed by atoms with Gasteiger partial charge >= 0.3 is 0 Å². The Morgan fingerprint density at radius 1 is 1.00 bits per heavy atom. The van der Waals surface area contributed by atoms with Gasteiger partial charge in [0, 0.05) is 61.8 Å². The first-order chi connectivity index (χ1) is 16.2. The minimum absolute atomic E-state index is 0.0707. The topological polar surface area (TPSA) is 74.5 Å². The van der Waals surface area contributed by atoms with Crippen molar-refractivity contribution < 1.29 is 9.32 Å². The number of piperazine rings is 1. The van der Waals surface area contributed by atoms with Crippen molar-refractivity contribution in [2.24, 2.45) is 0 Å². The van der Waals surface area contributed by atoms with Gasteiger partial charge in [-0.25, -0.2) is 0 Å². The van der Waals surface area contributed by atoms with Gasteiger partial charge in [-0.15, -0.1) is 0 Å². The quantitative estimate of drug-likeness (QED) is 0.453. The lowest BCUT2D eigenvalue weighted by Crippen LogP contribution is -2.47. The van der Waals surface area contributed by atoms with Crippen LogP contribution >= 0.6 is 11.6 Å². The molecule has 0 bridgehead atoms. The van der Waals surface area contributed by atoms with Gasteiger partial charge < -0.3 is 14.7 Å². The van der Waals surface area contributed by atoms with Gasteiger partial charge in [-0.05, 0) is 55.8 Å². The molecule has 33 heavy (non-hydrogen) atoms. The van der Waals surface area contributed by atoms with Crippen molar-refractivity contribution in [3.8, 4) is 11.4 Å². The monoisotopic (exact) mass is 467 g/mol. The van der Waals surface area contributed by atoms with Crippen molar-refractivity contribution in [3.63, 3.8) is 0 Å². The van der Waals surface area contributed by atoms with E-state index in [4.69, 9.17) is 16.1 Å². The van der Waals surface area contributed by atoms with Crippen LogP contribution in [-0.4, -0.2) is 60.2 Å². The Bertz CT molecular complexity index is 1000. The first-order valence-corrected chi connectivity index (χ1v) is 11.9. The van der Waals surface area contributed by atoms with Crippen molar-refractivity contribution in [1.29, 1.82) is 0 Å². The second kappa shape index (κ2) is 11.8. The van der Waals surface area contributed by atoms with Crippen molar-refractivity contribution in [1.82, 2.24) is 20.4 Å². The number of benzene rings is 2. The van der Waals surface area contributed by atoms with E-state index in [0.717, 1.165) is 44.7 Å². The standard InChI is InChI=1S/C25H30ClN5O2/c26-21-12-10-20(11-13-21)25-28-24(33-29-25)9-4-8-23(32)27-14-5-15-30-16-18-31(19-17-30)22-6-2-1-3-7-22/h1-3,6-7,10-13H,4-5,8-9,14-19H2,(H,27,32). The summed E-state index contributed by atoms with van der Waals surface area (Å²) < 4.78 is 5.30. The molecule has 7 nitrogen and oxygen atoms in total. The zero-order valence-corrected chi connectivity index (χ0v) is 19.5. The van der Waals surface area contributed by atoms with Crippen LogP contribution in [-0.2, 0) is 11.2 Å². The van der Waals surface area contributed by atoms with Gasteiger partial charge in [0.15, 0.2) is 0 Å². The van der Waals surface area contributed by atoms with Gasteiger partial charge in [0.2, 0.25) is 17.6 Å². The van der Waals surface area contributed by atoms with Crippen LogP contribution < -0.4 is 10.2 Å². The Labute approximate surface area is 199 Å². The van der Waals surface area contributed by atoms with Crippen LogP contribution in [0, 0.1) is 0 Å². The van der Waals surface area contributed by atoms with E-state index < -0.39 is 0 Å². The molecule has 174 valence electrons. The summed E-state index contributed by atoms with van der Waals surface area (Å²) in [6, 6.07) is 17.9. The number of rotatable bonds is 10. The smallest absolute Gasteiger partial charge is 0.226 e. The molecule has 2 aromatic carbocycles. The molecule has 1 aromatic heterocycles. The Morgan fingerprint density at radius 2 is 1.76 bits per heavy atom. The maximum Gasteiger partial charge on any atom is 0.226 e. The number of hydrogen-bond donors (Lipinski definition) is 1. The third kappa shape index (κ3) is 7.04. The first-order valence-electron chi connectivity index (χ1n) is 11.5. The summed E-state index contributed by atoms with van der Waals surface area (Å²) in [5, 5.41) is 7.69. The highest BCUT2D eigenvalue weighted by Gasteiger charge is 2.16. The number of halogens is 1. The fourth-order valence-corrected chi connectivity index (χ4v) is 4.09. The average Bonchev–Trinajstić information content (AvgIpc) is 3.32. The van der Waals surface area contributed by atoms with Crippen LogP contribution in [0.1, 0.15) is 25.2 Å². The number of carbonyl (C=O) groups is 1. The molecule has 1 saturated heterocycles. The molecule has 1 aliphatic heterocycles. The van der Waals surface area contributed by atoms with Gasteiger partial charge in [0.25, 0.3) is 0 Å². The molecule has 0 aliphatic carbocycles. The van der Waals surface area contributed by atoms with Crippen molar-refractivity contribution >= 4 is 23.2 Å². The van der Waals surface area contributed by atoms with Crippen LogP contribution in [0.15, 0.2) is 59.1 Å². The number of para-hydroxylation sites is 1. The van der Waals surface area contributed by atoms with Crippen LogP contribution in [0.5, 0.6) is 0 Å². The number of aryl methyl sites for hydroxylation is 1. The number of aromatic nitrogens is 2. The SMILES string of the molecule is O=C(CCCc1nc(-c2ccc(Cl)cc2)no1)NCCCN1CCN(c2ccccc2)CC1. The fourth-order valence-electron chi connectivity index (χ4n) is 3.96. The maximum atomic E-state index is 12.1. The highest BCUT2D eigenvalue weighted by Crippen LogP contribution is 2.19. The number of carbonyl (C=O) groups excluding carboxylic acids is 1. The van der Waals surface area contributed by atoms with E-state index in [0.29, 0.717) is 42.5 Å². The third-order valence-electron chi connectivity index (χ3n) is 5.83. The van der Waals surface area contributed by atoms with Gasteiger partial charge in [0.1, 0.15) is 0 Å². The molecule has 8 heteroatoms. The minimum atomic E-state index is 0.0707. The van der Waals surface area contributed by atoms with Crippen LogP contribution in [0.3, 0.4) is 0 Å². The molecule has 2 heterocycles. The molecule has 0 unspecified atom stereocenters. The molecule has 1 N–H and O–H groups in total. The van der Waals surface area contributed by atoms with Gasteiger partial charge in [0.05, 0.1) is 0 Å². The average molecular weight is 468 g/mol. The van der Waals surface area contributed by atoms with E-state index in [1.807, 2.05) is 12.1 Å². The molecule has 3 aromatic rings. The first kappa shape index (κ1) is 23.3. The molecule has 1 fully saturated rings. The number of nitrogens with one attached hydrogen (secondary N) is 1. The van der Waals surface area contributed by atoms with E-state index in [2.05, 4.69) is 55.6 Å². The summed E-state index contributed by atoms with van der Waals surface area (Å²) in [4.78, 5) is 21.4. The Kier molecular flexibility index (Phi) is 8.33. The van der Waals surface area contributed by atoms with Gasteiger partial charge in [-0.3, -0.25) is 9.69 Å². The molecule has 0 spiro atoms. The lowest BCUT2D eigenvalue weighted by molar-refractivity contribution is -0.121. The second-order valence-electron chi connectivity index (χ2n) is 8.24. The molecule has 0 saturated carbocycles. The third-order valence-corrected chi connectivity index (χ3v) is 6.08. The fraction of sp³-hybridized carbons (Fsp3) is 0.400. The molecule has 4 rings (SSSR count). The normalized spacial score (nSPS) is 14.4. The van der Waals surface area contributed by atoms with E-state index in [1.54, 1.807) is 12.1 Å². The Hall–Kier alpha value is -2.90. The van der Waals surface area contributed by atoms with Crippen LogP contribution in [0.4, 0.5) is 5.69 Å². The summed E-state index contributed by atoms with van der Waals surface area (Å²) in [5.74, 6) is 1.15. The summed E-state index contributed by atoms with van der Waals surface area (Å²) >= 11 is 5.91. The molecule has 0 atom stereocenters. The molecule has 1 aliphatic rings. The van der Waals surface area contributed by atoms with E-state index in [9.17, 15) is 4.79 Å². The summed E-state index contributed by atoms with van der Waals surface area (Å²) in [7, 11) is 0. The summed E-state index contributed by atoms with van der Waals surface area (Å²) in [6.45, 7) is 5.94. The van der Waals surface area contributed by atoms with E-state index in [-0.39, 0.29) is 5.91 Å². The molecular weight excluding hydrogens is 438 g/mol. The number of nitrogens with zero attached hydrogens (tertiary/aromatic N) is 4. The van der Waals surface area contributed by atoms with E-state index in [1.165, 1.54) is 5.69 Å². The highest BCUT2D eigenvalue weighted by molar-refractivity contribution is 6.30. The maximum absolute atomic E-state index is 12.1. The number of amides is 1. The van der Waals surface area contributed by atoms with Crippen LogP contribution in [0.2, 0.25) is 5.02 Å². The number of hydrogen-bond acceptors (Lipinski definition) is 6. The largest absolute Gasteiger partial charge is 0.369 e. The summed E-state index contributed by atoms with van der Waals surface area (Å²) in [5.41, 5.74) is 2.15. The highest BCUT2D eigenvalue weighted by atomic mass is 35.5. The van der Waals surface area contributed by atoms with E-state index >= 15 is 0 Å².